The molecule has 3 aromatic rings. The average Bonchev–Trinajstić information content (AvgIpc) is 3.19. The Balaban J connectivity index is 1.63. The van der Waals surface area contributed by atoms with Crippen LogP contribution in [0, 0.1) is 5.82 Å². The highest BCUT2D eigenvalue weighted by atomic mass is 19.1. The highest BCUT2D eigenvalue weighted by molar-refractivity contribution is 6.07. The first-order valence-corrected chi connectivity index (χ1v) is 11.0. The van der Waals surface area contributed by atoms with Gasteiger partial charge in [-0.05, 0) is 18.2 Å². The summed E-state index contributed by atoms with van der Waals surface area (Å²) in [4.78, 5) is 20.3. The molecule has 0 spiro atoms. The van der Waals surface area contributed by atoms with Crippen LogP contribution in [-0.4, -0.2) is 55.5 Å². The van der Waals surface area contributed by atoms with Gasteiger partial charge in [-0.25, -0.2) is 4.39 Å². The number of carbonyl (C=O) groups excluding carboxylic acids is 1. The number of methoxy groups -OCH3 is 1. The monoisotopic (exact) mass is 470 g/mol. The zero-order chi connectivity index (χ0) is 23.7. The van der Waals surface area contributed by atoms with Crippen molar-refractivity contribution in [2.24, 2.45) is 0 Å². The molecule has 8 nitrogen and oxygen atoms in total. The number of para-hydroxylation sites is 1. The average molecular weight is 470 g/mol. The van der Waals surface area contributed by atoms with Crippen molar-refractivity contribution in [2.45, 2.75) is 18.4 Å². The Labute approximate surface area is 194 Å². The lowest BCUT2D eigenvalue weighted by Gasteiger charge is -2.26. The largest absolute Gasteiger partial charge is 0.492 e. The minimum atomic E-state index is -0.658. The number of alkyl halides is 1. The number of rotatable bonds is 8. The van der Waals surface area contributed by atoms with Crippen LogP contribution in [0.25, 0.3) is 11.3 Å². The lowest BCUT2D eigenvalue weighted by Crippen LogP contribution is -2.35. The number of hydrogen-bond acceptors (Lipinski definition) is 6. The van der Waals surface area contributed by atoms with Crippen molar-refractivity contribution in [1.82, 2.24) is 15.3 Å². The van der Waals surface area contributed by atoms with E-state index in [1.54, 1.807) is 24.5 Å². The van der Waals surface area contributed by atoms with Gasteiger partial charge in [-0.2, -0.15) is 0 Å². The van der Waals surface area contributed by atoms with Crippen molar-refractivity contribution < 1.29 is 27.8 Å². The zero-order valence-corrected chi connectivity index (χ0v) is 18.5. The highest BCUT2D eigenvalue weighted by Gasteiger charge is 2.34. The van der Waals surface area contributed by atoms with E-state index < -0.39 is 18.4 Å². The summed E-state index contributed by atoms with van der Waals surface area (Å²) >= 11 is 0. The molecule has 178 valence electrons. The van der Waals surface area contributed by atoms with Gasteiger partial charge in [0.15, 0.2) is 11.6 Å². The predicted molar refractivity (Wildman–Crippen MR) is 121 cm³/mol. The Hall–Kier alpha value is -3.66. The molecule has 0 radical (unpaired) electrons. The molecule has 0 unspecified atom stereocenters. The fourth-order valence-electron chi connectivity index (χ4n) is 4.18. The van der Waals surface area contributed by atoms with Crippen LogP contribution in [0.4, 0.5) is 20.2 Å². The van der Waals surface area contributed by atoms with Gasteiger partial charge in [-0.15, -0.1) is 0 Å². The number of H-pyrrole nitrogens is 1. The van der Waals surface area contributed by atoms with Crippen LogP contribution in [0.15, 0.2) is 36.7 Å². The van der Waals surface area contributed by atoms with E-state index >= 15 is 0 Å². The molecule has 1 aromatic carbocycles. The van der Waals surface area contributed by atoms with E-state index in [2.05, 4.69) is 20.6 Å². The van der Waals surface area contributed by atoms with Crippen LogP contribution >= 0.6 is 0 Å². The number of nitrogens with one attached hydrogen (secondary N) is 3. The summed E-state index contributed by atoms with van der Waals surface area (Å²) < 4.78 is 44.9. The van der Waals surface area contributed by atoms with Crippen LogP contribution < -0.4 is 20.1 Å². The summed E-state index contributed by atoms with van der Waals surface area (Å²) in [6, 6.07) is 6.19. The molecule has 1 amide bonds. The van der Waals surface area contributed by atoms with Gasteiger partial charge >= 0.3 is 0 Å². The van der Waals surface area contributed by atoms with Gasteiger partial charge in [0.1, 0.15) is 12.4 Å². The van der Waals surface area contributed by atoms with Crippen molar-refractivity contribution in [2.75, 3.05) is 38.9 Å². The fourth-order valence-corrected chi connectivity index (χ4v) is 4.18. The number of pyridine rings is 1. The van der Waals surface area contributed by atoms with Gasteiger partial charge < -0.3 is 29.8 Å². The molecule has 0 bridgehead atoms. The predicted octanol–water partition coefficient (Wildman–Crippen LogP) is 3.93. The minimum Gasteiger partial charge on any atom is -0.492 e. The topological polar surface area (TPSA) is 97.5 Å². The van der Waals surface area contributed by atoms with Crippen molar-refractivity contribution in [3.05, 3.63) is 53.7 Å². The zero-order valence-electron chi connectivity index (χ0n) is 18.5. The second-order valence-corrected chi connectivity index (χ2v) is 8.13. The van der Waals surface area contributed by atoms with Gasteiger partial charge in [0, 0.05) is 42.9 Å². The standard InChI is InChI=1S/C24H24F2N4O4/c1-32-23-16(26)3-2-4-17(23)29-22-19-20(13(9-25)10-28-24(19)31)30-21(22)15-5-7-27-11-18(15)34-12-14-6-8-33-14/h2-5,7,11,13-14,29-30H,6,8-10,12H2,1H3,(H,28,31)/t13-,14+/m0/s1. The molecule has 3 N–H and O–H groups in total. The summed E-state index contributed by atoms with van der Waals surface area (Å²) in [5.41, 5.74) is 2.53. The van der Waals surface area contributed by atoms with Gasteiger partial charge in [0.2, 0.25) is 0 Å². The third kappa shape index (κ3) is 3.94. The smallest absolute Gasteiger partial charge is 0.255 e. The quantitative estimate of drug-likeness (QED) is 0.462. The minimum absolute atomic E-state index is 0.00464. The molecule has 2 atom stereocenters. The summed E-state index contributed by atoms with van der Waals surface area (Å²) in [5, 5.41) is 5.88. The van der Waals surface area contributed by atoms with E-state index in [1.165, 1.54) is 19.2 Å². The lowest BCUT2D eigenvalue weighted by atomic mass is 9.97. The van der Waals surface area contributed by atoms with Crippen molar-refractivity contribution >= 4 is 17.3 Å². The van der Waals surface area contributed by atoms with Gasteiger partial charge in [-0.1, -0.05) is 6.07 Å². The molecular formula is C24H24F2N4O4. The molecule has 2 aromatic heterocycles. The van der Waals surface area contributed by atoms with E-state index in [0.717, 1.165) is 6.42 Å². The van der Waals surface area contributed by atoms with Crippen molar-refractivity contribution in [1.29, 1.82) is 0 Å². The summed E-state index contributed by atoms with van der Waals surface area (Å²) in [6.07, 6.45) is 4.10. The number of anilines is 2. The molecule has 5 rings (SSSR count). The molecule has 34 heavy (non-hydrogen) atoms. The van der Waals surface area contributed by atoms with E-state index in [4.69, 9.17) is 14.2 Å². The van der Waals surface area contributed by atoms with E-state index in [0.29, 0.717) is 47.3 Å². The molecular weight excluding hydrogens is 446 g/mol. The summed E-state index contributed by atoms with van der Waals surface area (Å²) in [5.74, 6) is -0.999. The molecule has 10 heteroatoms. The van der Waals surface area contributed by atoms with E-state index in [-0.39, 0.29) is 29.9 Å². The van der Waals surface area contributed by atoms with Crippen molar-refractivity contribution in [3.8, 4) is 22.8 Å². The normalized spacial score (nSPS) is 19.1. The second-order valence-electron chi connectivity index (χ2n) is 8.13. The summed E-state index contributed by atoms with van der Waals surface area (Å²) in [6.45, 7) is 0.576. The number of aromatic nitrogens is 2. The van der Waals surface area contributed by atoms with E-state index in [1.807, 2.05) is 0 Å². The second kappa shape index (κ2) is 9.30. The Bertz CT molecular complexity index is 1210. The van der Waals surface area contributed by atoms with Gasteiger partial charge in [0.05, 0.1) is 48.7 Å². The summed E-state index contributed by atoms with van der Waals surface area (Å²) in [7, 11) is 1.36. The fraction of sp³-hybridized carbons (Fsp3) is 0.333. The van der Waals surface area contributed by atoms with Gasteiger partial charge in [-0.3, -0.25) is 14.2 Å². The number of halogens is 2. The Morgan fingerprint density at radius 1 is 1.32 bits per heavy atom. The number of carbonyl (C=O) groups is 1. The third-order valence-corrected chi connectivity index (χ3v) is 6.06. The van der Waals surface area contributed by atoms with E-state index in [9.17, 15) is 13.6 Å². The number of ether oxygens (including phenoxy) is 3. The van der Waals surface area contributed by atoms with Gasteiger partial charge in [0.25, 0.3) is 5.91 Å². The number of fused-ring (bicyclic) bond motifs is 1. The van der Waals surface area contributed by atoms with Crippen molar-refractivity contribution in [3.63, 3.8) is 0 Å². The first-order valence-electron chi connectivity index (χ1n) is 11.0. The molecule has 0 saturated carbocycles. The Morgan fingerprint density at radius 2 is 2.18 bits per heavy atom. The molecule has 4 heterocycles. The lowest BCUT2D eigenvalue weighted by molar-refractivity contribution is -0.0720. The SMILES string of the molecule is COc1c(F)cccc1Nc1c(-c2ccncc2OC[C@H]2CCO2)[nH]c2c1C(=O)NC[C@@H]2CF. The molecule has 2 aliphatic rings. The number of hydrogen-bond donors (Lipinski definition) is 3. The highest BCUT2D eigenvalue weighted by Crippen LogP contribution is 2.43. The van der Waals surface area contributed by atoms with Crippen LogP contribution in [0.1, 0.15) is 28.4 Å². The number of benzene rings is 1. The maximum atomic E-state index is 14.4. The first kappa shape index (κ1) is 22.1. The number of aromatic amines is 1. The molecule has 1 saturated heterocycles. The molecule has 2 aliphatic heterocycles. The number of nitrogens with zero attached hydrogens (tertiary/aromatic N) is 1. The first-order chi connectivity index (χ1) is 16.6. The van der Waals surface area contributed by atoms with Crippen LogP contribution in [0.5, 0.6) is 11.5 Å². The Morgan fingerprint density at radius 3 is 2.91 bits per heavy atom. The number of amides is 1. The van der Waals surface area contributed by atoms with Crippen LogP contribution in [0.3, 0.4) is 0 Å². The van der Waals surface area contributed by atoms with Crippen LogP contribution in [0.2, 0.25) is 0 Å². The Kier molecular flexibility index (Phi) is 6.06. The maximum Gasteiger partial charge on any atom is 0.255 e. The maximum absolute atomic E-state index is 14.4. The van der Waals surface area contributed by atoms with Crippen LogP contribution in [-0.2, 0) is 4.74 Å². The third-order valence-electron chi connectivity index (χ3n) is 6.06. The molecule has 0 aliphatic carbocycles. The molecule has 1 fully saturated rings.